The van der Waals surface area contributed by atoms with Gasteiger partial charge >= 0.3 is 0 Å². The predicted octanol–water partition coefficient (Wildman–Crippen LogP) is 4.91. The van der Waals surface area contributed by atoms with E-state index in [1.165, 1.54) is 36.1 Å². The van der Waals surface area contributed by atoms with Crippen LogP contribution in [-0.4, -0.2) is 6.04 Å². The van der Waals surface area contributed by atoms with Gasteiger partial charge in [-0.3, -0.25) is 0 Å². The lowest BCUT2D eigenvalue weighted by molar-refractivity contribution is 0.478. The molecule has 1 aliphatic rings. The highest BCUT2D eigenvalue weighted by Gasteiger charge is 2.14. The van der Waals surface area contributed by atoms with E-state index in [0.717, 1.165) is 6.42 Å². The van der Waals surface area contributed by atoms with Gasteiger partial charge in [-0.05, 0) is 74.1 Å². The minimum atomic E-state index is 0.423. The molecule has 0 radical (unpaired) electrons. The SMILES string of the molecule is CC(Cc1cccs1)NC(C)c1ccc2c(c1)CCCC2. The second kappa shape index (κ2) is 6.76. The predicted molar refractivity (Wildman–Crippen MR) is 92.1 cm³/mol. The Kier molecular flexibility index (Phi) is 4.77. The standard InChI is InChI=1S/C19H25NS/c1-14(12-19-8-5-11-21-19)20-15(2)17-10-9-16-6-3-4-7-18(16)13-17/h5,8-11,13-15,20H,3-4,6-7,12H2,1-2H3. The zero-order valence-electron chi connectivity index (χ0n) is 13.1. The summed E-state index contributed by atoms with van der Waals surface area (Å²) in [6.45, 7) is 4.57. The Balaban J connectivity index is 1.63. The lowest BCUT2D eigenvalue weighted by atomic mass is 9.89. The van der Waals surface area contributed by atoms with Gasteiger partial charge in [0.2, 0.25) is 0 Å². The molecule has 1 heterocycles. The molecule has 0 aliphatic heterocycles. The van der Waals surface area contributed by atoms with Gasteiger partial charge in [0.15, 0.2) is 0 Å². The third kappa shape index (κ3) is 3.75. The van der Waals surface area contributed by atoms with E-state index in [1.54, 1.807) is 11.1 Å². The van der Waals surface area contributed by atoms with E-state index in [9.17, 15) is 0 Å². The third-order valence-corrected chi connectivity index (χ3v) is 5.39. The van der Waals surface area contributed by atoms with E-state index < -0.39 is 0 Å². The summed E-state index contributed by atoms with van der Waals surface area (Å²) < 4.78 is 0. The van der Waals surface area contributed by atoms with Crippen LogP contribution in [0.2, 0.25) is 0 Å². The molecule has 1 N–H and O–H groups in total. The van der Waals surface area contributed by atoms with Crippen LogP contribution in [-0.2, 0) is 19.3 Å². The fourth-order valence-corrected chi connectivity index (χ4v) is 4.17. The number of fused-ring (bicyclic) bond motifs is 1. The zero-order valence-corrected chi connectivity index (χ0v) is 13.9. The average Bonchev–Trinajstić information content (AvgIpc) is 2.99. The van der Waals surface area contributed by atoms with Gasteiger partial charge in [0.25, 0.3) is 0 Å². The van der Waals surface area contributed by atoms with E-state index in [-0.39, 0.29) is 0 Å². The molecule has 0 amide bonds. The summed E-state index contributed by atoms with van der Waals surface area (Å²) in [6, 6.07) is 12.4. The summed E-state index contributed by atoms with van der Waals surface area (Å²) in [7, 11) is 0. The maximum absolute atomic E-state index is 3.75. The molecule has 21 heavy (non-hydrogen) atoms. The molecule has 1 aromatic carbocycles. The molecule has 1 aliphatic carbocycles. The van der Waals surface area contributed by atoms with Gasteiger partial charge in [-0.1, -0.05) is 24.3 Å². The van der Waals surface area contributed by atoms with Crippen LogP contribution in [0.15, 0.2) is 35.7 Å². The fourth-order valence-electron chi connectivity index (χ4n) is 3.34. The summed E-state index contributed by atoms with van der Waals surface area (Å²) in [5.74, 6) is 0. The average molecular weight is 299 g/mol. The second-order valence-electron chi connectivity index (χ2n) is 6.31. The highest BCUT2D eigenvalue weighted by molar-refractivity contribution is 7.09. The molecule has 0 spiro atoms. The first-order valence-electron chi connectivity index (χ1n) is 8.12. The first kappa shape index (κ1) is 14.8. The minimum absolute atomic E-state index is 0.423. The third-order valence-electron chi connectivity index (χ3n) is 4.49. The lowest BCUT2D eigenvalue weighted by Crippen LogP contribution is -2.30. The quantitative estimate of drug-likeness (QED) is 0.827. The van der Waals surface area contributed by atoms with E-state index in [1.807, 2.05) is 11.3 Å². The Hall–Kier alpha value is -1.12. The van der Waals surface area contributed by atoms with Crippen LogP contribution >= 0.6 is 11.3 Å². The molecule has 0 saturated heterocycles. The Bertz CT molecular complexity index is 573. The summed E-state index contributed by atoms with van der Waals surface area (Å²) >= 11 is 1.85. The number of benzene rings is 1. The highest BCUT2D eigenvalue weighted by Crippen LogP contribution is 2.25. The maximum Gasteiger partial charge on any atom is 0.0294 e. The number of nitrogens with one attached hydrogen (secondary N) is 1. The molecule has 1 aromatic heterocycles. The van der Waals surface area contributed by atoms with Crippen LogP contribution in [0.25, 0.3) is 0 Å². The van der Waals surface area contributed by atoms with E-state index in [0.29, 0.717) is 12.1 Å². The van der Waals surface area contributed by atoms with E-state index in [4.69, 9.17) is 0 Å². The smallest absolute Gasteiger partial charge is 0.0294 e. The molecule has 2 heteroatoms. The number of hydrogen-bond acceptors (Lipinski definition) is 2. The van der Waals surface area contributed by atoms with Crippen LogP contribution in [0.5, 0.6) is 0 Å². The van der Waals surface area contributed by atoms with Gasteiger partial charge < -0.3 is 5.32 Å². The van der Waals surface area contributed by atoms with Crippen molar-refractivity contribution in [1.29, 1.82) is 0 Å². The van der Waals surface area contributed by atoms with Crippen molar-refractivity contribution in [2.24, 2.45) is 0 Å². The first-order chi connectivity index (χ1) is 10.2. The van der Waals surface area contributed by atoms with Crippen LogP contribution in [0.3, 0.4) is 0 Å². The monoisotopic (exact) mass is 299 g/mol. The summed E-state index contributed by atoms with van der Waals surface area (Å²) in [5, 5.41) is 5.91. The summed E-state index contributed by atoms with van der Waals surface area (Å²) in [4.78, 5) is 1.47. The van der Waals surface area contributed by atoms with Gasteiger partial charge in [-0.2, -0.15) is 0 Å². The Morgan fingerprint density at radius 1 is 1.10 bits per heavy atom. The van der Waals surface area contributed by atoms with Crippen molar-refractivity contribution in [1.82, 2.24) is 5.32 Å². The first-order valence-corrected chi connectivity index (χ1v) is 9.00. The van der Waals surface area contributed by atoms with Gasteiger partial charge in [0.1, 0.15) is 0 Å². The molecular formula is C19H25NS. The van der Waals surface area contributed by atoms with Crippen molar-refractivity contribution in [2.75, 3.05) is 0 Å². The van der Waals surface area contributed by atoms with Gasteiger partial charge in [-0.15, -0.1) is 11.3 Å². The van der Waals surface area contributed by atoms with Crippen LogP contribution < -0.4 is 5.32 Å². The van der Waals surface area contributed by atoms with Gasteiger partial charge in [0, 0.05) is 17.0 Å². The van der Waals surface area contributed by atoms with Crippen molar-refractivity contribution >= 4 is 11.3 Å². The van der Waals surface area contributed by atoms with E-state index >= 15 is 0 Å². The molecule has 1 nitrogen and oxygen atoms in total. The van der Waals surface area contributed by atoms with Crippen LogP contribution in [0.1, 0.15) is 54.3 Å². The largest absolute Gasteiger partial charge is 0.307 e. The Morgan fingerprint density at radius 3 is 2.67 bits per heavy atom. The Morgan fingerprint density at radius 2 is 1.90 bits per heavy atom. The molecular weight excluding hydrogens is 274 g/mol. The second-order valence-corrected chi connectivity index (χ2v) is 7.34. The normalized spacial score (nSPS) is 17.2. The van der Waals surface area contributed by atoms with Crippen LogP contribution in [0.4, 0.5) is 0 Å². The summed E-state index contributed by atoms with van der Waals surface area (Å²) in [5.41, 5.74) is 4.59. The van der Waals surface area contributed by atoms with Crippen LogP contribution in [0, 0.1) is 0 Å². The molecule has 2 aromatic rings. The van der Waals surface area contributed by atoms with Gasteiger partial charge in [0.05, 0.1) is 0 Å². The minimum Gasteiger partial charge on any atom is -0.307 e. The van der Waals surface area contributed by atoms with Crippen molar-refractivity contribution in [3.8, 4) is 0 Å². The number of rotatable bonds is 5. The molecule has 112 valence electrons. The van der Waals surface area contributed by atoms with Gasteiger partial charge in [-0.25, -0.2) is 0 Å². The fraction of sp³-hybridized carbons (Fsp3) is 0.474. The molecule has 0 fully saturated rings. The van der Waals surface area contributed by atoms with E-state index in [2.05, 4.69) is 54.9 Å². The summed E-state index contributed by atoms with van der Waals surface area (Å²) in [6.07, 6.45) is 6.37. The molecule has 2 unspecified atom stereocenters. The lowest BCUT2D eigenvalue weighted by Gasteiger charge is -2.23. The number of aryl methyl sites for hydroxylation is 2. The number of thiophene rings is 1. The number of hydrogen-bond donors (Lipinski definition) is 1. The van der Waals surface area contributed by atoms with Crippen molar-refractivity contribution in [3.05, 3.63) is 57.3 Å². The zero-order chi connectivity index (χ0) is 14.7. The topological polar surface area (TPSA) is 12.0 Å². The maximum atomic E-state index is 3.75. The van der Waals surface area contributed by atoms with Crippen molar-refractivity contribution < 1.29 is 0 Å². The Labute approximate surface area is 132 Å². The molecule has 0 bridgehead atoms. The van der Waals surface area contributed by atoms with Crippen molar-refractivity contribution in [2.45, 2.75) is 58.0 Å². The molecule has 0 saturated carbocycles. The molecule has 2 atom stereocenters. The highest BCUT2D eigenvalue weighted by atomic mass is 32.1. The van der Waals surface area contributed by atoms with Crippen molar-refractivity contribution in [3.63, 3.8) is 0 Å². The molecule has 3 rings (SSSR count).